The number of nitrogens with one attached hydrogen (secondary N) is 2. The van der Waals surface area contributed by atoms with E-state index >= 15 is 8.78 Å². The van der Waals surface area contributed by atoms with Crippen LogP contribution >= 0.6 is 0 Å². The van der Waals surface area contributed by atoms with Crippen molar-refractivity contribution < 1.29 is 56.3 Å². The zero-order valence-corrected chi connectivity index (χ0v) is 28.6. The summed E-state index contributed by atoms with van der Waals surface area (Å²) in [6, 6.07) is 6.39. The van der Waals surface area contributed by atoms with Crippen LogP contribution in [0.2, 0.25) is 0 Å². The molecule has 50 heavy (non-hydrogen) atoms. The van der Waals surface area contributed by atoms with E-state index in [1.165, 1.54) is 6.92 Å². The first-order valence-electron chi connectivity index (χ1n) is 17.4. The Bertz CT molecular complexity index is 1520. The number of carboxylic acids is 1. The third-order valence-electron chi connectivity index (χ3n) is 12.4. The number of alkyl halides is 5. The van der Waals surface area contributed by atoms with Crippen LogP contribution in [0.15, 0.2) is 35.4 Å². The summed E-state index contributed by atoms with van der Waals surface area (Å²) in [6.07, 6.45) is -5.40. The molecule has 6 atom stereocenters. The molecule has 5 aliphatic rings. The Morgan fingerprint density at radius 1 is 0.940 bits per heavy atom. The summed E-state index contributed by atoms with van der Waals surface area (Å²) >= 11 is 0. The molecule has 0 radical (unpaired) electrons. The highest BCUT2D eigenvalue weighted by molar-refractivity contribution is 5.75. The number of carbonyl (C=O) groups excluding carboxylic acids is 1. The molecule has 0 aromatic heterocycles. The molecule has 0 bridgehead atoms. The van der Waals surface area contributed by atoms with Gasteiger partial charge >= 0.3 is 24.1 Å². The summed E-state index contributed by atoms with van der Waals surface area (Å²) in [6.45, 7) is 6.39. The molecule has 1 aromatic rings. The second-order valence-electron chi connectivity index (χ2n) is 16.2. The predicted octanol–water partition coefficient (Wildman–Crippen LogP) is 6.18. The molecule has 1 aromatic carbocycles. The third kappa shape index (κ3) is 6.11. The highest BCUT2D eigenvalue weighted by Crippen LogP contribution is 2.71. The van der Waals surface area contributed by atoms with Gasteiger partial charge in [-0.1, -0.05) is 50.6 Å². The molecule has 9 nitrogen and oxygen atoms in total. The lowest BCUT2D eigenvalue weighted by Gasteiger charge is -2.59. The molecule has 1 heterocycles. The van der Waals surface area contributed by atoms with Crippen LogP contribution in [0, 0.1) is 22.7 Å². The van der Waals surface area contributed by atoms with Crippen LogP contribution in [0.4, 0.5) is 26.7 Å². The zero-order chi connectivity index (χ0) is 36.5. The van der Waals surface area contributed by atoms with Crippen LogP contribution in [0.1, 0.15) is 95.6 Å². The number of fused-ring (bicyclic) bond motifs is 4. The lowest BCUT2D eigenvalue weighted by Crippen LogP contribution is -2.65. The van der Waals surface area contributed by atoms with Gasteiger partial charge in [-0.3, -0.25) is 4.79 Å². The molecule has 5 N–H and O–H groups in total. The lowest BCUT2D eigenvalue weighted by molar-refractivity contribution is -0.362. The summed E-state index contributed by atoms with van der Waals surface area (Å²) in [7, 11) is 0. The van der Waals surface area contributed by atoms with Gasteiger partial charge in [0.15, 0.2) is 5.79 Å². The maximum absolute atomic E-state index is 15.4. The zero-order valence-electron chi connectivity index (χ0n) is 28.6. The van der Waals surface area contributed by atoms with Crippen molar-refractivity contribution in [3.63, 3.8) is 0 Å². The van der Waals surface area contributed by atoms with Crippen molar-refractivity contribution in [1.29, 1.82) is 0 Å². The smallest absolute Gasteiger partial charge is 0.456 e. The first-order chi connectivity index (χ1) is 23.2. The quantitative estimate of drug-likeness (QED) is 0.168. The number of amides is 2. The predicted molar refractivity (Wildman–Crippen MR) is 170 cm³/mol. The molecule has 1 spiro atoms. The number of hydrogen-bond acceptors (Lipinski definition) is 6. The Labute approximate surface area is 288 Å². The maximum atomic E-state index is 15.4. The van der Waals surface area contributed by atoms with E-state index in [2.05, 4.69) is 10.6 Å². The number of rotatable bonds is 7. The Morgan fingerprint density at radius 2 is 1.60 bits per heavy atom. The van der Waals surface area contributed by atoms with E-state index in [0.29, 0.717) is 43.6 Å². The SMILES string of the molecule is CC1(C)COC2(CCC3=C4[C@@H](CC[C@@]3(O)C2)[C@@H]2CC[C@@](O)(C(F)(F)C(F)(F)F)[C@@]2(C)C[C@@H]4c2ccc(CNC(=O)NCCC(=O)O)cc2)OC1. The highest BCUT2D eigenvalue weighted by Gasteiger charge is 2.79. The minimum absolute atomic E-state index is 0.00432. The first kappa shape index (κ1) is 37.0. The van der Waals surface area contributed by atoms with Crippen molar-refractivity contribution in [3.8, 4) is 0 Å². The van der Waals surface area contributed by atoms with Gasteiger partial charge in [0.2, 0.25) is 0 Å². The van der Waals surface area contributed by atoms with E-state index in [1.807, 2.05) is 13.8 Å². The molecule has 3 saturated carbocycles. The summed E-state index contributed by atoms with van der Waals surface area (Å²) in [5.41, 5.74) is -3.69. The Balaban J connectivity index is 1.35. The standard InChI is InChI=1S/C36H47F5N2O7/c1-30(2)19-49-33(50-20-30)13-9-26-28-23(8-12-32(26,47)18-33)25-10-14-34(48,35(37,38)36(39,40)41)31(25,3)16-24(28)22-6-4-21(5-7-22)17-43-29(46)42-15-11-27(44)45/h4-7,23-25,47-48H,8-20H2,1-3H3,(H,44,45)(H2,42,43,46)/t23-,24+,25-,31-,32+,34-/m0/s1. The van der Waals surface area contributed by atoms with Gasteiger partial charge in [0.25, 0.3) is 0 Å². The molecule has 4 fully saturated rings. The fourth-order valence-electron chi connectivity index (χ4n) is 9.70. The number of hydrogen-bond donors (Lipinski definition) is 5. The molecular formula is C36H47F5N2O7. The Morgan fingerprint density at radius 3 is 2.22 bits per heavy atom. The Hall–Kier alpha value is -2.81. The minimum Gasteiger partial charge on any atom is -0.481 e. The first-order valence-corrected chi connectivity index (χ1v) is 17.4. The largest absolute Gasteiger partial charge is 0.481 e. The number of carbonyl (C=O) groups is 2. The topological polar surface area (TPSA) is 137 Å². The maximum Gasteiger partial charge on any atom is 0.456 e. The van der Waals surface area contributed by atoms with Gasteiger partial charge in [-0.2, -0.15) is 22.0 Å². The van der Waals surface area contributed by atoms with Gasteiger partial charge in [0.05, 0.1) is 25.2 Å². The van der Waals surface area contributed by atoms with Crippen LogP contribution < -0.4 is 10.6 Å². The monoisotopic (exact) mass is 714 g/mol. The second kappa shape index (κ2) is 12.4. The van der Waals surface area contributed by atoms with E-state index < -0.39 is 70.7 Å². The number of aliphatic hydroxyl groups is 2. The van der Waals surface area contributed by atoms with Crippen molar-refractivity contribution in [3.05, 3.63) is 46.5 Å². The van der Waals surface area contributed by atoms with Crippen LogP contribution in [-0.4, -0.2) is 76.2 Å². The summed E-state index contributed by atoms with van der Waals surface area (Å²) in [5, 5.41) is 37.7. The second-order valence-corrected chi connectivity index (χ2v) is 16.2. The molecular weight excluding hydrogens is 667 g/mol. The number of urea groups is 1. The van der Waals surface area contributed by atoms with Crippen molar-refractivity contribution in [2.45, 2.75) is 120 Å². The van der Waals surface area contributed by atoms with E-state index in [4.69, 9.17) is 14.6 Å². The van der Waals surface area contributed by atoms with Gasteiger partial charge in [0, 0.05) is 42.7 Å². The van der Waals surface area contributed by atoms with Crippen molar-refractivity contribution in [1.82, 2.24) is 10.6 Å². The van der Waals surface area contributed by atoms with Crippen molar-refractivity contribution >= 4 is 12.0 Å². The average Bonchev–Trinajstić information content (AvgIpc) is 3.31. The van der Waals surface area contributed by atoms with Crippen LogP contribution in [-0.2, 0) is 20.8 Å². The number of aliphatic carboxylic acids is 1. The van der Waals surface area contributed by atoms with Crippen LogP contribution in [0.3, 0.4) is 0 Å². The van der Waals surface area contributed by atoms with Gasteiger partial charge in [0.1, 0.15) is 5.60 Å². The van der Waals surface area contributed by atoms with E-state index in [1.54, 1.807) is 24.3 Å². The highest BCUT2D eigenvalue weighted by atomic mass is 19.4. The third-order valence-corrected chi connectivity index (χ3v) is 12.4. The number of benzene rings is 1. The number of ether oxygens (including phenoxy) is 2. The fraction of sp³-hybridized carbons (Fsp3) is 0.722. The van der Waals surface area contributed by atoms with Gasteiger partial charge in [-0.05, 0) is 67.1 Å². The van der Waals surface area contributed by atoms with Crippen molar-refractivity contribution in [2.24, 2.45) is 22.7 Å². The summed E-state index contributed by atoms with van der Waals surface area (Å²) < 4.78 is 85.1. The average molecular weight is 715 g/mol. The molecule has 278 valence electrons. The molecule has 14 heteroatoms. The normalized spacial score (nSPS) is 34.8. The number of halogens is 5. The van der Waals surface area contributed by atoms with E-state index in [9.17, 15) is 33.0 Å². The summed E-state index contributed by atoms with van der Waals surface area (Å²) in [4.78, 5) is 22.8. The van der Waals surface area contributed by atoms with Gasteiger partial charge in [-0.15, -0.1) is 0 Å². The van der Waals surface area contributed by atoms with Crippen LogP contribution in [0.25, 0.3) is 0 Å². The molecule has 0 unspecified atom stereocenters. The minimum atomic E-state index is -5.94. The summed E-state index contributed by atoms with van der Waals surface area (Å²) in [5.74, 6) is -9.12. The van der Waals surface area contributed by atoms with Gasteiger partial charge < -0.3 is 35.4 Å². The Kier molecular flexibility index (Phi) is 9.17. The van der Waals surface area contributed by atoms with Crippen LogP contribution in [0.5, 0.6) is 0 Å². The molecule has 2 amide bonds. The van der Waals surface area contributed by atoms with Gasteiger partial charge in [-0.25, -0.2) is 4.79 Å². The van der Waals surface area contributed by atoms with Crippen molar-refractivity contribution in [2.75, 3.05) is 19.8 Å². The number of carboxylic acid groups (broad SMARTS) is 1. The lowest BCUT2D eigenvalue weighted by atomic mass is 9.49. The van der Waals surface area contributed by atoms with E-state index in [0.717, 1.165) is 11.1 Å². The molecule has 1 saturated heterocycles. The fourth-order valence-corrected chi connectivity index (χ4v) is 9.70. The molecule has 1 aliphatic heterocycles. The molecule has 6 rings (SSSR count). The molecule has 4 aliphatic carbocycles. The van der Waals surface area contributed by atoms with E-state index in [-0.39, 0.29) is 50.6 Å². The number of allylic oxidation sites excluding steroid dienone is 1.